The highest BCUT2D eigenvalue weighted by atomic mass is 32.2. The van der Waals surface area contributed by atoms with E-state index < -0.39 is 10.0 Å². The predicted molar refractivity (Wildman–Crippen MR) is 115 cm³/mol. The van der Waals surface area contributed by atoms with Gasteiger partial charge in [-0.1, -0.05) is 24.3 Å². The maximum Gasteiger partial charge on any atom is 0.238 e. The summed E-state index contributed by atoms with van der Waals surface area (Å²) in [6.07, 6.45) is 0.570. The minimum absolute atomic E-state index is 0.0383. The van der Waals surface area contributed by atoms with Crippen molar-refractivity contribution in [3.05, 3.63) is 83.9 Å². The smallest absolute Gasteiger partial charge is 0.238 e. The number of para-hydroxylation sites is 1. The number of nitrogens with zero attached hydrogens (tertiary/aromatic N) is 2. The largest absolute Gasteiger partial charge is 0.507 e. The van der Waals surface area contributed by atoms with Gasteiger partial charge in [-0.25, -0.2) is 13.6 Å². The molecule has 0 amide bonds. The molecule has 0 fully saturated rings. The summed E-state index contributed by atoms with van der Waals surface area (Å²) in [6, 6.07) is 20.9. The molecular formula is C22H21N3O4S. The Balaban J connectivity index is 1.76. The van der Waals surface area contributed by atoms with Gasteiger partial charge < -0.3 is 9.84 Å². The van der Waals surface area contributed by atoms with E-state index >= 15 is 0 Å². The number of methoxy groups -OCH3 is 1. The molecule has 4 rings (SSSR count). The van der Waals surface area contributed by atoms with Crippen LogP contribution in [0.25, 0.3) is 0 Å². The van der Waals surface area contributed by atoms with Crippen LogP contribution in [0.15, 0.2) is 82.8 Å². The first kappa shape index (κ1) is 19.9. The third-order valence-electron chi connectivity index (χ3n) is 5.06. The number of nitrogens with two attached hydrogens (primary N) is 1. The zero-order chi connectivity index (χ0) is 21.3. The van der Waals surface area contributed by atoms with Crippen molar-refractivity contribution in [2.24, 2.45) is 10.2 Å². The maximum absolute atomic E-state index is 11.6. The zero-order valence-electron chi connectivity index (χ0n) is 16.3. The number of phenolic OH excluding ortho intramolecular Hbond substituents is 1. The Hall–Kier alpha value is -3.36. The highest BCUT2D eigenvalue weighted by Crippen LogP contribution is 2.38. The molecule has 7 nitrogen and oxygen atoms in total. The average molecular weight is 423 g/mol. The van der Waals surface area contributed by atoms with E-state index in [4.69, 9.17) is 15.0 Å². The molecule has 0 spiro atoms. The lowest BCUT2D eigenvalue weighted by atomic mass is 9.97. The van der Waals surface area contributed by atoms with Gasteiger partial charge in [-0.05, 0) is 54.1 Å². The third-order valence-corrected chi connectivity index (χ3v) is 5.98. The fourth-order valence-corrected chi connectivity index (χ4v) is 4.02. The van der Waals surface area contributed by atoms with Crippen molar-refractivity contribution in [3.8, 4) is 11.5 Å². The molecule has 3 aromatic rings. The Kier molecular flexibility index (Phi) is 5.19. The number of benzene rings is 3. The summed E-state index contributed by atoms with van der Waals surface area (Å²) in [5, 5.41) is 22.1. The fraction of sp³-hybridized carbons (Fsp3) is 0.136. The lowest BCUT2D eigenvalue weighted by molar-refractivity contribution is 0.414. The predicted octanol–water partition coefficient (Wildman–Crippen LogP) is 3.40. The van der Waals surface area contributed by atoms with E-state index in [1.54, 1.807) is 31.4 Å². The first-order valence-corrected chi connectivity index (χ1v) is 10.8. The van der Waals surface area contributed by atoms with E-state index in [-0.39, 0.29) is 16.7 Å². The van der Waals surface area contributed by atoms with Gasteiger partial charge in [0.05, 0.1) is 29.4 Å². The molecule has 0 saturated heterocycles. The van der Waals surface area contributed by atoms with Gasteiger partial charge >= 0.3 is 0 Å². The molecule has 3 N–H and O–H groups in total. The zero-order valence-corrected chi connectivity index (χ0v) is 17.1. The van der Waals surface area contributed by atoms with Crippen molar-refractivity contribution >= 4 is 21.4 Å². The lowest BCUT2D eigenvalue weighted by Crippen LogP contribution is -2.19. The van der Waals surface area contributed by atoms with E-state index in [2.05, 4.69) is 0 Å². The fourth-order valence-electron chi connectivity index (χ4n) is 3.50. The second-order valence-electron chi connectivity index (χ2n) is 6.94. The van der Waals surface area contributed by atoms with Crippen LogP contribution in [0.2, 0.25) is 0 Å². The minimum Gasteiger partial charge on any atom is -0.507 e. The molecule has 1 atom stereocenters. The van der Waals surface area contributed by atoms with Gasteiger partial charge in [-0.15, -0.1) is 0 Å². The van der Waals surface area contributed by atoms with Gasteiger partial charge in [-0.3, -0.25) is 5.01 Å². The molecule has 0 radical (unpaired) electrons. The Morgan fingerprint density at radius 2 is 1.70 bits per heavy atom. The third kappa shape index (κ3) is 3.87. The number of sulfonamides is 1. The summed E-state index contributed by atoms with van der Waals surface area (Å²) in [7, 11) is -2.16. The van der Waals surface area contributed by atoms with Crippen molar-refractivity contribution < 1.29 is 18.3 Å². The molecular weight excluding hydrogens is 402 g/mol. The molecule has 0 bridgehead atoms. The van der Waals surface area contributed by atoms with E-state index in [0.29, 0.717) is 17.7 Å². The standard InChI is InChI=1S/C22H21N3O4S/c1-29-17-10-6-15(7-11-17)21-14-20(19-4-2-3-5-22(19)26)24-25(21)16-8-12-18(13-9-16)30(23,27)28/h2-13,21,26H,14H2,1H3,(H2,23,27,28). The van der Waals surface area contributed by atoms with Crippen LogP contribution in [-0.2, 0) is 10.0 Å². The number of rotatable bonds is 5. The first-order valence-electron chi connectivity index (χ1n) is 9.29. The van der Waals surface area contributed by atoms with Crippen LogP contribution >= 0.6 is 0 Å². The normalized spacial score (nSPS) is 16.4. The van der Waals surface area contributed by atoms with Crippen LogP contribution in [0.5, 0.6) is 11.5 Å². The molecule has 1 unspecified atom stereocenters. The molecule has 30 heavy (non-hydrogen) atoms. The molecule has 8 heteroatoms. The number of ether oxygens (including phenoxy) is 1. The molecule has 0 saturated carbocycles. The Morgan fingerprint density at radius 1 is 1.03 bits per heavy atom. The van der Waals surface area contributed by atoms with Crippen LogP contribution < -0.4 is 14.9 Å². The number of phenols is 1. The SMILES string of the molecule is COc1ccc(C2CC(c3ccccc3O)=NN2c2ccc(S(N)(=O)=O)cc2)cc1. The maximum atomic E-state index is 11.6. The van der Waals surface area contributed by atoms with Gasteiger partial charge in [0.2, 0.25) is 10.0 Å². The van der Waals surface area contributed by atoms with Crippen LogP contribution in [-0.4, -0.2) is 26.3 Å². The quantitative estimate of drug-likeness (QED) is 0.654. The van der Waals surface area contributed by atoms with Crippen molar-refractivity contribution in [2.45, 2.75) is 17.4 Å². The second-order valence-corrected chi connectivity index (χ2v) is 8.50. The number of hydrazone groups is 1. The highest BCUT2D eigenvalue weighted by Gasteiger charge is 2.31. The van der Waals surface area contributed by atoms with Crippen molar-refractivity contribution in [2.75, 3.05) is 12.1 Å². The molecule has 154 valence electrons. The Morgan fingerprint density at radius 3 is 2.30 bits per heavy atom. The van der Waals surface area contributed by atoms with Gasteiger partial charge in [0.25, 0.3) is 0 Å². The summed E-state index contributed by atoms with van der Waals surface area (Å²) in [5.41, 5.74) is 3.14. The van der Waals surface area contributed by atoms with Crippen LogP contribution in [0.3, 0.4) is 0 Å². The summed E-state index contributed by atoms with van der Waals surface area (Å²) in [6.45, 7) is 0. The van der Waals surface area contributed by atoms with E-state index in [1.165, 1.54) is 12.1 Å². The molecule has 1 aliphatic heterocycles. The van der Waals surface area contributed by atoms with Crippen LogP contribution in [0.1, 0.15) is 23.6 Å². The summed E-state index contributed by atoms with van der Waals surface area (Å²) < 4.78 is 28.4. The number of anilines is 1. The monoisotopic (exact) mass is 423 g/mol. The second kappa shape index (κ2) is 7.81. The van der Waals surface area contributed by atoms with Crippen LogP contribution in [0.4, 0.5) is 5.69 Å². The highest BCUT2D eigenvalue weighted by molar-refractivity contribution is 7.89. The van der Waals surface area contributed by atoms with Crippen molar-refractivity contribution in [3.63, 3.8) is 0 Å². The topological polar surface area (TPSA) is 105 Å². The number of hydrogen-bond donors (Lipinski definition) is 2. The van der Waals surface area contributed by atoms with Crippen molar-refractivity contribution in [1.29, 1.82) is 0 Å². The minimum atomic E-state index is -3.78. The molecule has 1 heterocycles. The Bertz CT molecular complexity index is 1190. The van der Waals surface area contributed by atoms with Crippen molar-refractivity contribution in [1.82, 2.24) is 0 Å². The average Bonchev–Trinajstić information content (AvgIpc) is 3.19. The lowest BCUT2D eigenvalue weighted by Gasteiger charge is -2.24. The number of hydrogen-bond acceptors (Lipinski definition) is 6. The number of aromatic hydroxyl groups is 1. The van der Waals surface area contributed by atoms with E-state index in [9.17, 15) is 13.5 Å². The van der Waals surface area contributed by atoms with Gasteiger partial charge in [0, 0.05) is 12.0 Å². The molecule has 0 aromatic heterocycles. The van der Waals surface area contributed by atoms with Gasteiger partial charge in [-0.2, -0.15) is 5.10 Å². The Labute approximate surface area is 175 Å². The molecule has 3 aromatic carbocycles. The van der Waals surface area contributed by atoms with E-state index in [0.717, 1.165) is 17.0 Å². The summed E-state index contributed by atoms with van der Waals surface area (Å²) in [5.74, 6) is 0.916. The van der Waals surface area contributed by atoms with Gasteiger partial charge in [0.15, 0.2) is 0 Å². The van der Waals surface area contributed by atoms with E-state index in [1.807, 2.05) is 41.4 Å². The van der Waals surface area contributed by atoms with Gasteiger partial charge in [0.1, 0.15) is 11.5 Å². The first-order chi connectivity index (χ1) is 14.4. The summed E-state index contributed by atoms with van der Waals surface area (Å²) in [4.78, 5) is 0.0383. The van der Waals surface area contributed by atoms with Crippen LogP contribution in [0, 0.1) is 0 Å². The summed E-state index contributed by atoms with van der Waals surface area (Å²) >= 11 is 0. The molecule has 0 aliphatic carbocycles. The molecule has 1 aliphatic rings. The number of primary sulfonamides is 1.